The summed E-state index contributed by atoms with van der Waals surface area (Å²) in [5.41, 5.74) is 4.06. The first-order chi connectivity index (χ1) is 6.11. The number of hydrogen-bond donors (Lipinski definition) is 1. The van der Waals surface area contributed by atoms with Crippen LogP contribution in [-0.2, 0) is 6.42 Å². The van der Waals surface area contributed by atoms with E-state index < -0.39 is 0 Å². The van der Waals surface area contributed by atoms with E-state index in [1.807, 2.05) is 6.92 Å². The van der Waals surface area contributed by atoms with Gasteiger partial charge in [0, 0.05) is 0 Å². The second-order valence-corrected chi connectivity index (χ2v) is 3.75. The van der Waals surface area contributed by atoms with Crippen molar-refractivity contribution in [1.82, 2.24) is 0 Å². The highest BCUT2D eigenvalue weighted by Crippen LogP contribution is 2.14. The highest BCUT2D eigenvalue weighted by atomic mass is 16.3. The van der Waals surface area contributed by atoms with E-state index in [-0.39, 0.29) is 6.10 Å². The lowest BCUT2D eigenvalue weighted by Crippen LogP contribution is -2.02. The Bertz CT molecular complexity index is 276. The minimum Gasteiger partial charge on any atom is -0.393 e. The second-order valence-electron chi connectivity index (χ2n) is 3.75. The highest BCUT2D eigenvalue weighted by Gasteiger charge is 2.02. The fraction of sp³-hybridized carbons (Fsp3) is 0.500. The predicted octanol–water partition coefficient (Wildman–Crippen LogP) is 2.62. The van der Waals surface area contributed by atoms with Crippen molar-refractivity contribution >= 4 is 0 Å². The van der Waals surface area contributed by atoms with Crippen LogP contribution in [0, 0.1) is 13.8 Å². The number of aliphatic hydroxyl groups is 1. The zero-order valence-electron chi connectivity index (χ0n) is 8.67. The zero-order chi connectivity index (χ0) is 9.84. The van der Waals surface area contributed by atoms with Gasteiger partial charge in [0.25, 0.3) is 0 Å². The van der Waals surface area contributed by atoms with E-state index in [1.165, 1.54) is 16.7 Å². The van der Waals surface area contributed by atoms with E-state index in [0.29, 0.717) is 0 Å². The molecular formula is C12H18O. The van der Waals surface area contributed by atoms with Gasteiger partial charge >= 0.3 is 0 Å². The molecule has 0 saturated heterocycles. The molecule has 1 atom stereocenters. The Morgan fingerprint density at radius 3 is 2.62 bits per heavy atom. The predicted molar refractivity (Wildman–Crippen MR) is 55.9 cm³/mol. The molecule has 0 aliphatic carbocycles. The molecule has 0 spiro atoms. The number of rotatable bonds is 3. The van der Waals surface area contributed by atoms with Gasteiger partial charge < -0.3 is 5.11 Å². The van der Waals surface area contributed by atoms with Crippen molar-refractivity contribution in [3.05, 3.63) is 34.9 Å². The molecule has 0 aliphatic heterocycles. The maximum atomic E-state index is 9.17. The first-order valence-corrected chi connectivity index (χ1v) is 4.84. The maximum Gasteiger partial charge on any atom is 0.0515 e. The molecule has 0 unspecified atom stereocenters. The Hall–Kier alpha value is -0.820. The largest absolute Gasteiger partial charge is 0.393 e. The van der Waals surface area contributed by atoms with Gasteiger partial charge in [-0.3, -0.25) is 0 Å². The van der Waals surface area contributed by atoms with Crippen molar-refractivity contribution in [1.29, 1.82) is 0 Å². The third kappa shape index (κ3) is 2.85. The van der Waals surface area contributed by atoms with Crippen molar-refractivity contribution in [2.45, 2.75) is 39.7 Å². The average molecular weight is 178 g/mol. The Morgan fingerprint density at radius 2 is 2.00 bits per heavy atom. The first kappa shape index (κ1) is 10.3. The van der Waals surface area contributed by atoms with Crippen LogP contribution in [0.3, 0.4) is 0 Å². The molecule has 1 aromatic carbocycles. The maximum absolute atomic E-state index is 9.17. The van der Waals surface area contributed by atoms with Gasteiger partial charge in [-0.25, -0.2) is 0 Å². The lowest BCUT2D eigenvalue weighted by atomic mass is 9.99. The Morgan fingerprint density at radius 1 is 1.31 bits per heavy atom. The summed E-state index contributed by atoms with van der Waals surface area (Å²) in [6.07, 6.45) is 1.63. The van der Waals surface area contributed by atoms with Crippen LogP contribution < -0.4 is 0 Å². The molecule has 1 aromatic rings. The van der Waals surface area contributed by atoms with Crippen LogP contribution in [0.5, 0.6) is 0 Å². The summed E-state index contributed by atoms with van der Waals surface area (Å²) < 4.78 is 0. The highest BCUT2D eigenvalue weighted by molar-refractivity contribution is 5.33. The number of aliphatic hydroxyl groups excluding tert-OH is 1. The molecule has 0 radical (unpaired) electrons. The fourth-order valence-corrected chi connectivity index (χ4v) is 1.45. The summed E-state index contributed by atoms with van der Waals surface area (Å²) in [7, 11) is 0. The zero-order valence-corrected chi connectivity index (χ0v) is 8.67. The van der Waals surface area contributed by atoms with E-state index in [4.69, 9.17) is 0 Å². The van der Waals surface area contributed by atoms with Gasteiger partial charge in [-0.15, -0.1) is 0 Å². The molecule has 0 aromatic heterocycles. The third-order valence-corrected chi connectivity index (χ3v) is 2.55. The Balaban J connectivity index is 2.71. The minimum atomic E-state index is -0.195. The van der Waals surface area contributed by atoms with Crippen LogP contribution in [0.25, 0.3) is 0 Å². The van der Waals surface area contributed by atoms with Crippen molar-refractivity contribution in [2.24, 2.45) is 0 Å². The van der Waals surface area contributed by atoms with Crippen LogP contribution in [0.4, 0.5) is 0 Å². The van der Waals surface area contributed by atoms with E-state index in [2.05, 4.69) is 32.0 Å². The van der Waals surface area contributed by atoms with Crippen molar-refractivity contribution in [2.75, 3.05) is 0 Å². The van der Waals surface area contributed by atoms with E-state index in [0.717, 1.165) is 12.8 Å². The molecule has 0 aliphatic rings. The molecule has 1 N–H and O–H groups in total. The molecule has 1 heteroatoms. The monoisotopic (exact) mass is 178 g/mol. The fourth-order valence-electron chi connectivity index (χ4n) is 1.45. The Kier molecular flexibility index (Phi) is 3.49. The number of hydrogen-bond acceptors (Lipinski definition) is 1. The normalized spacial score (nSPS) is 12.9. The summed E-state index contributed by atoms with van der Waals surface area (Å²) in [6.45, 7) is 6.11. The van der Waals surface area contributed by atoms with Crippen LogP contribution in [-0.4, -0.2) is 11.2 Å². The summed E-state index contributed by atoms with van der Waals surface area (Å²) in [6, 6.07) is 6.35. The molecule has 72 valence electrons. The minimum absolute atomic E-state index is 0.195. The smallest absolute Gasteiger partial charge is 0.0515 e. The molecule has 13 heavy (non-hydrogen) atoms. The SMILES string of the molecule is Cc1cccc(CC[C@H](C)O)c1C. The molecule has 1 rings (SSSR count). The van der Waals surface area contributed by atoms with Gasteiger partial charge in [0.05, 0.1) is 6.10 Å². The molecule has 0 saturated carbocycles. The Labute approximate surface area is 80.4 Å². The van der Waals surface area contributed by atoms with Crippen molar-refractivity contribution < 1.29 is 5.11 Å². The van der Waals surface area contributed by atoms with Gasteiger partial charge in [-0.2, -0.15) is 0 Å². The molecular weight excluding hydrogens is 160 g/mol. The van der Waals surface area contributed by atoms with E-state index in [9.17, 15) is 5.11 Å². The van der Waals surface area contributed by atoms with E-state index >= 15 is 0 Å². The van der Waals surface area contributed by atoms with Crippen LogP contribution >= 0.6 is 0 Å². The molecule has 0 heterocycles. The van der Waals surface area contributed by atoms with Crippen LogP contribution in [0.2, 0.25) is 0 Å². The van der Waals surface area contributed by atoms with Gasteiger partial charge in [0.2, 0.25) is 0 Å². The average Bonchev–Trinajstić information content (AvgIpc) is 2.07. The summed E-state index contributed by atoms with van der Waals surface area (Å²) >= 11 is 0. The molecule has 0 amide bonds. The van der Waals surface area contributed by atoms with Crippen LogP contribution in [0.1, 0.15) is 30.0 Å². The first-order valence-electron chi connectivity index (χ1n) is 4.84. The van der Waals surface area contributed by atoms with Gasteiger partial charge in [-0.1, -0.05) is 18.2 Å². The van der Waals surface area contributed by atoms with Crippen molar-refractivity contribution in [3.8, 4) is 0 Å². The summed E-state index contributed by atoms with van der Waals surface area (Å²) in [5, 5.41) is 9.17. The standard InChI is InChI=1S/C12H18O/c1-9-5-4-6-12(11(9)3)8-7-10(2)13/h4-6,10,13H,7-8H2,1-3H3/t10-/m0/s1. The summed E-state index contributed by atoms with van der Waals surface area (Å²) in [5.74, 6) is 0. The van der Waals surface area contributed by atoms with Gasteiger partial charge in [0.1, 0.15) is 0 Å². The van der Waals surface area contributed by atoms with Gasteiger partial charge in [-0.05, 0) is 50.3 Å². The second kappa shape index (κ2) is 4.43. The number of aryl methyl sites for hydroxylation is 2. The quantitative estimate of drug-likeness (QED) is 0.754. The summed E-state index contributed by atoms with van der Waals surface area (Å²) in [4.78, 5) is 0. The van der Waals surface area contributed by atoms with Crippen LogP contribution in [0.15, 0.2) is 18.2 Å². The van der Waals surface area contributed by atoms with Crippen molar-refractivity contribution in [3.63, 3.8) is 0 Å². The molecule has 1 nitrogen and oxygen atoms in total. The third-order valence-electron chi connectivity index (χ3n) is 2.55. The topological polar surface area (TPSA) is 20.2 Å². The molecule has 0 fully saturated rings. The lowest BCUT2D eigenvalue weighted by Gasteiger charge is -2.09. The van der Waals surface area contributed by atoms with E-state index in [1.54, 1.807) is 0 Å². The number of benzene rings is 1. The lowest BCUT2D eigenvalue weighted by molar-refractivity contribution is 0.185. The molecule has 0 bridgehead atoms. The van der Waals surface area contributed by atoms with Gasteiger partial charge in [0.15, 0.2) is 0 Å².